The van der Waals surface area contributed by atoms with Crippen LogP contribution in [0.25, 0.3) is 0 Å². The first-order valence-corrected chi connectivity index (χ1v) is 4.88. The van der Waals surface area contributed by atoms with Gasteiger partial charge in [-0.05, 0) is 28.1 Å². The second-order valence-electron chi connectivity index (χ2n) is 3.10. The number of Topliss-reactive ketones (excluding diaryl/α,β-unsaturated/α-hetero) is 1. The summed E-state index contributed by atoms with van der Waals surface area (Å²) in [4.78, 5) is 17.7. The first-order chi connectivity index (χ1) is 6.18. The van der Waals surface area contributed by atoms with Crippen LogP contribution in [0.1, 0.15) is 16.8 Å². The molecule has 0 amide bonds. The van der Waals surface area contributed by atoms with Gasteiger partial charge in [-0.1, -0.05) is 0 Å². The number of hydrogen-bond donors (Lipinski definition) is 0. The highest BCUT2D eigenvalue weighted by molar-refractivity contribution is 9.10. The van der Waals surface area contributed by atoms with Gasteiger partial charge >= 0.3 is 0 Å². The third-order valence-corrected chi connectivity index (χ3v) is 2.62. The van der Waals surface area contributed by atoms with Gasteiger partial charge in [-0.25, -0.2) is 4.98 Å². The van der Waals surface area contributed by atoms with Gasteiger partial charge < -0.3 is 4.90 Å². The highest BCUT2D eigenvalue weighted by atomic mass is 79.9. The van der Waals surface area contributed by atoms with Gasteiger partial charge in [0.05, 0.1) is 5.56 Å². The Morgan fingerprint density at radius 3 is 3.08 bits per heavy atom. The Labute approximate surface area is 84.9 Å². The number of fused-ring (bicyclic) bond motifs is 1. The monoisotopic (exact) mass is 240 g/mol. The fourth-order valence-corrected chi connectivity index (χ4v) is 1.74. The number of anilines is 1. The average Bonchev–Trinajstić information content (AvgIpc) is 2.12. The molecule has 0 aliphatic carbocycles. The molecule has 2 heterocycles. The molecule has 0 saturated carbocycles. The van der Waals surface area contributed by atoms with Crippen LogP contribution in [0.3, 0.4) is 0 Å². The summed E-state index contributed by atoms with van der Waals surface area (Å²) >= 11 is 3.29. The lowest BCUT2D eigenvalue weighted by atomic mass is 10.1. The predicted molar refractivity (Wildman–Crippen MR) is 54.2 cm³/mol. The summed E-state index contributed by atoms with van der Waals surface area (Å²) in [6.45, 7) is 0.759. The zero-order valence-electron chi connectivity index (χ0n) is 7.25. The van der Waals surface area contributed by atoms with E-state index in [-0.39, 0.29) is 5.78 Å². The van der Waals surface area contributed by atoms with E-state index in [1.807, 2.05) is 18.0 Å². The Kier molecular flexibility index (Phi) is 2.07. The minimum absolute atomic E-state index is 0.188. The molecular formula is C9H9BrN2O. The molecule has 2 rings (SSSR count). The van der Waals surface area contributed by atoms with Crippen molar-refractivity contribution in [3.8, 4) is 0 Å². The maximum atomic E-state index is 11.5. The van der Waals surface area contributed by atoms with E-state index in [0.717, 1.165) is 22.5 Å². The molecule has 0 fully saturated rings. The predicted octanol–water partition coefficient (Wildman–Crippen LogP) is 1.87. The van der Waals surface area contributed by atoms with Gasteiger partial charge in [-0.3, -0.25) is 4.79 Å². The molecule has 0 unspecified atom stereocenters. The van der Waals surface area contributed by atoms with Crippen molar-refractivity contribution >= 4 is 27.5 Å². The number of pyridine rings is 1. The van der Waals surface area contributed by atoms with Gasteiger partial charge in [0.2, 0.25) is 0 Å². The molecule has 4 heteroatoms. The van der Waals surface area contributed by atoms with Crippen LogP contribution in [-0.2, 0) is 0 Å². The number of rotatable bonds is 0. The zero-order chi connectivity index (χ0) is 9.42. The molecule has 1 aromatic rings. The number of aromatic nitrogens is 1. The SMILES string of the molecule is CN1CCC(=O)c2ccc(Br)nc21. The largest absolute Gasteiger partial charge is 0.359 e. The summed E-state index contributed by atoms with van der Waals surface area (Å²) < 4.78 is 0.771. The summed E-state index contributed by atoms with van der Waals surface area (Å²) in [5, 5.41) is 0. The summed E-state index contributed by atoms with van der Waals surface area (Å²) in [5.74, 6) is 0.971. The second-order valence-corrected chi connectivity index (χ2v) is 3.91. The van der Waals surface area contributed by atoms with Crippen molar-refractivity contribution in [1.29, 1.82) is 0 Å². The van der Waals surface area contributed by atoms with Crippen LogP contribution in [0, 0.1) is 0 Å². The molecule has 0 spiro atoms. The van der Waals surface area contributed by atoms with Crippen molar-refractivity contribution < 1.29 is 4.79 Å². The van der Waals surface area contributed by atoms with Gasteiger partial charge in [0.25, 0.3) is 0 Å². The summed E-state index contributed by atoms with van der Waals surface area (Å²) in [5.41, 5.74) is 0.733. The van der Waals surface area contributed by atoms with E-state index in [9.17, 15) is 4.79 Å². The zero-order valence-corrected chi connectivity index (χ0v) is 8.84. The van der Waals surface area contributed by atoms with E-state index < -0.39 is 0 Å². The van der Waals surface area contributed by atoms with Gasteiger partial charge in [-0.2, -0.15) is 0 Å². The van der Waals surface area contributed by atoms with E-state index in [4.69, 9.17) is 0 Å². The van der Waals surface area contributed by atoms with Crippen molar-refractivity contribution in [2.45, 2.75) is 6.42 Å². The first kappa shape index (κ1) is 8.69. The standard InChI is InChI=1S/C9H9BrN2O/c1-12-5-4-7(13)6-2-3-8(10)11-9(6)12/h2-3H,4-5H2,1H3. The molecular weight excluding hydrogens is 232 g/mol. The molecule has 1 aliphatic heterocycles. The van der Waals surface area contributed by atoms with Crippen LogP contribution in [-0.4, -0.2) is 24.4 Å². The number of halogens is 1. The van der Waals surface area contributed by atoms with E-state index in [2.05, 4.69) is 20.9 Å². The normalized spacial score (nSPS) is 15.8. The number of carbonyl (C=O) groups is 1. The Hall–Kier alpha value is -0.900. The molecule has 0 aromatic carbocycles. The summed E-state index contributed by atoms with van der Waals surface area (Å²) in [6.07, 6.45) is 0.590. The Morgan fingerprint density at radius 1 is 1.54 bits per heavy atom. The van der Waals surface area contributed by atoms with E-state index in [0.29, 0.717) is 6.42 Å². The maximum Gasteiger partial charge on any atom is 0.168 e. The molecule has 13 heavy (non-hydrogen) atoms. The van der Waals surface area contributed by atoms with E-state index in [1.165, 1.54) is 0 Å². The highest BCUT2D eigenvalue weighted by Gasteiger charge is 2.21. The third-order valence-electron chi connectivity index (χ3n) is 2.18. The van der Waals surface area contributed by atoms with Crippen molar-refractivity contribution in [2.24, 2.45) is 0 Å². The third kappa shape index (κ3) is 1.46. The average molecular weight is 241 g/mol. The quantitative estimate of drug-likeness (QED) is 0.650. The lowest BCUT2D eigenvalue weighted by Gasteiger charge is -2.24. The van der Waals surface area contributed by atoms with Crippen LogP contribution in [0.5, 0.6) is 0 Å². The van der Waals surface area contributed by atoms with Gasteiger partial charge in [-0.15, -0.1) is 0 Å². The minimum Gasteiger partial charge on any atom is -0.359 e. The lowest BCUT2D eigenvalue weighted by Crippen LogP contribution is -2.29. The Bertz CT molecular complexity index is 365. The van der Waals surface area contributed by atoms with Crippen LogP contribution >= 0.6 is 15.9 Å². The van der Waals surface area contributed by atoms with Crippen molar-refractivity contribution in [3.63, 3.8) is 0 Å². The van der Waals surface area contributed by atoms with E-state index >= 15 is 0 Å². The van der Waals surface area contributed by atoms with Crippen LogP contribution < -0.4 is 4.90 Å². The fourth-order valence-electron chi connectivity index (χ4n) is 1.44. The fraction of sp³-hybridized carbons (Fsp3) is 0.333. The van der Waals surface area contributed by atoms with Crippen molar-refractivity contribution in [2.75, 3.05) is 18.5 Å². The minimum atomic E-state index is 0.188. The molecule has 68 valence electrons. The van der Waals surface area contributed by atoms with Crippen LogP contribution in [0.4, 0.5) is 5.82 Å². The molecule has 0 atom stereocenters. The maximum absolute atomic E-state index is 11.5. The molecule has 0 N–H and O–H groups in total. The molecule has 1 aromatic heterocycles. The number of carbonyl (C=O) groups excluding carboxylic acids is 1. The van der Waals surface area contributed by atoms with Crippen molar-refractivity contribution in [1.82, 2.24) is 4.98 Å². The molecule has 0 saturated heterocycles. The lowest BCUT2D eigenvalue weighted by molar-refractivity contribution is 0.0980. The Morgan fingerprint density at radius 2 is 2.31 bits per heavy atom. The Balaban J connectivity index is 2.57. The molecule has 0 radical (unpaired) electrons. The topological polar surface area (TPSA) is 33.2 Å². The number of hydrogen-bond acceptors (Lipinski definition) is 3. The number of ketones is 1. The smallest absolute Gasteiger partial charge is 0.168 e. The van der Waals surface area contributed by atoms with Crippen LogP contribution in [0.2, 0.25) is 0 Å². The first-order valence-electron chi connectivity index (χ1n) is 4.09. The number of nitrogens with zero attached hydrogens (tertiary/aromatic N) is 2. The second kappa shape index (κ2) is 3.10. The summed E-state index contributed by atoms with van der Waals surface area (Å²) in [7, 11) is 1.95. The highest BCUT2D eigenvalue weighted by Crippen LogP contribution is 2.25. The molecule has 1 aliphatic rings. The summed E-state index contributed by atoms with van der Waals surface area (Å²) in [6, 6.07) is 3.63. The van der Waals surface area contributed by atoms with Gasteiger partial charge in [0, 0.05) is 20.0 Å². The van der Waals surface area contributed by atoms with Crippen molar-refractivity contribution in [3.05, 3.63) is 22.3 Å². The van der Waals surface area contributed by atoms with Gasteiger partial charge in [0.1, 0.15) is 10.4 Å². The van der Waals surface area contributed by atoms with Crippen LogP contribution in [0.15, 0.2) is 16.7 Å². The van der Waals surface area contributed by atoms with Gasteiger partial charge in [0.15, 0.2) is 5.78 Å². The molecule has 0 bridgehead atoms. The van der Waals surface area contributed by atoms with E-state index in [1.54, 1.807) is 6.07 Å². The molecule has 3 nitrogen and oxygen atoms in total.